The number of carbonyl (C=O) groups excluding carboxylic acids is 2. The molecule has 0 fully saturated rings. The van der Waals surface area contributed by atoms with Crippen LogP contribution in [0.2, 0.25) is 0 Å². The van der Waals surface area contributed by atoms with Crippen molar-refractivity contribution in [3.05, 3.63) is 66.4 Å². The van der Waals surface area contributed by atoms with Gasteiger partial charge in [-0.1, -0.05) is 36.4 Å². The van der Waals surface area contributed by atoms with E-state index in [1.807, 2.05) is 61.5 Å². The van der Waals surface area contributed by atoms with Crippen molar-refractivity contribution in [3.8, 4) is 0 Å². The first-order chi connectivity index (χ1) is 12.6. The maximum Gasteiger partial charge on any atom is 0.226 e. The molecule has 5 heteroatoms. The van der Waals surface area contributed by atoms with E-state index in [0.717, 1.165) is 27.8 Å². The van der Waals surface area contributed by atoms with Crippen molar-refractivity contribution < 1.29 is 9.59 Å². The van der Waals surface area contributed by atoms with Crippen LogP contribution in [0.5, 0.6) is 0 Å². The van der Waals surface area contributed by atoms with Gasteiger partial charge in [0.2, 0.25) is 11.8 Å². The molecule has 1 N–H and O–H groups in total. The second kappa shape index (κ2) is 7.78. The van der Waals surface area contributed by atoms with Gasteiger partial charge in [-0.3, -0.25) is 14.6 Å². The molecule has 1 aromatic heterocycles. The van der Waals surface area contributed by atoms with E-state index < -0.39 is 0 Å². The largest absolute Gasteiger partial charge is 0.326 e. The third-order valence-corrected chi connectivity index (χ3v) is 4.26. The molecule has 2 amide bonds. The molecule has 0 aliphatic heterocycles. The Kier molecular flexibility index (Phi) is 5.27. The van der Waals surface area contributed by atoms with Crippen molar-refractivity contribution >= 4 is 34.1 Å². The summed E-state index contributed by atoms with van der Waals surface area (Å²) in [5, 5.41) is 3.86. The molecule has 2 aromatic carbocycles. The number of para-hydroxylation sites is 2. The molecular weight excluding hydrogens is 326 g/mol. The summed E-state index contributed by atoms with van der Waals surface area (Å²) in [6.45, 7) is 3.74. The number of benzene rings is 2. The van der Waals surface area contributed by atoms with E-state index in [4.69, 9.17) is 0 Å². The lowest BCUT2D eigenvalue weighted by molar-refractivity contribution is -0.117. The van der Waals surface area contributed by atoms with Crippen molar-refractivity contribution in [2.45, 2.75) is 20.3 Å². The highest BCUT2D eigenvalue weighted by molar-refractivity contribution is 6.02. The molecular formula is C21H21N3O2. The van der Waals surface area contributed by atoms with E-state index in [2.05, 4.69) is 10.3 Å². The van der Waals surface area contributed by atoms with E-state index in [9.17, 15) is 9.59 Å². The second-order valence-electron chi connectivity index (χ2n) is 6.14. The van der Waals surface area contributed by atoms with E-state index in [-0.39, 0.29) is 18.2 Å². The van der Waals surface area contributed by atoms with E-state index in [1.165, 1.54) is 6.92 Å². The van der Waals surface area contributed by atoms with Crippen molar-refractivity contribution in [1.82, 2.24) is 4.98 Å². The Bertz CT molecular complexity index is 947. The second-order valence-corrected chi connectivity index (χ2v) is 6.14. The fraction of sp³-hybridized carbons (Fsp3) is 0.190. The summed E-state index contributed by atoms with van der Waals surface area (Å²) in [4.78, 5) is 30.5. The van der Waals surface area contributed by atoms with Gasteiger partial charge in [0.05, 0.1) is 11.2 Å². The minimum Gasteiger partial charge on any atom is -0.326 e. The average Bonchev–Trinajstić information content (AvgIpc) is 2.64. The van der Waals surface area contributed by atoms with E-state index in [1.54, 1.807) is 11.1 Å². The van der Waals surface area contributed by atoms with Gasteiger partial charge in [0.15, 0.2) is 0 Å². The Balaban J connectivity index is 1.76. The van der Waals surface area contributed by atoms with Gasteiger partial charge in [0.25, 0.3) is 0 Å². The van der Waals surface area contributed by atoms with Crippen molar-refractivity contribution in [3.63, 3.8) is 0 Å². The van der Waals surface area contributed by atoms with Gasteiger partial charge in [-0.05, 0) is 30.7 Å². The molecule has 0 atom stereocenters. The van der Waals surface area contributed by atoms with E-state index >= 15 is 0 Å². The van der Waals surface area contributed by atoms with Crippen LogP contribution < -0.4 is 10.2 Å². The van der Waals surface area contributed by atoms with Crippen molar-refractivity contribution in [2.24, 2.45) is 0 Å². The molecule has 0 aliphatic carbocycles. The Morgan fingerprint density at radius 3 is 2.58 bits per heavy atom. The molecule has 0 aliphatic rings. The number of rotatable bonds is 5. The lowest BCUT2D eigenvalue weighted by Gasteiger charge is -2.22. The molecule has 132 valence electrons. The standard InChI is InChI=1S/C21H21N3O2/c1-15-7-3-4-10-18(15)23-20(26)12-14-24(16(2)25)19-11-5-8-17-9-6-13-22-21(17)19/h3-11,13H,12,14H2,1-2H3,(H,23,26). The zero-order chi connectivity index (χ0) is 18.5. The molecule has 3 aromatic rings. The highest BCUT2D eigenvalue weighted by Gasteiger charge is 2.16. The predicted octanol–water partition coefficient (Wildman–Crippen LogP) is 3.92. The summed E-state index contributed by atoms with van der Waals surface area (Å²) >= 11 is 0. The number of amides is 2. The Labute approximate surface area is 152 Å². The van der Waals surface area contributed by atoms with Gasteiger partial charge in [-0.2, -0.15) is 0 Å². The van der Waals surface area contributed by atoms with Crippen LogP contribution in [0, 0.1) is 6.92 Å². The van der Waals surface area contributed by atoms with Crippen LogP contribution in [-0.2, 0) is 9.59 Å². The van der Waals surface area contributed by atoms with Gasteiger partial charge < -0.3 is 10.2 Å². The Morgan fingerprint density at radius 1 is 1.04 bits per heavy atom. The number of nitrogens with zero attached hydrogens (tertiary/aromatic N) is 2. The Morgan fingerprint density at radius 2 is 1.81 bits per heavy atom. The monoisotopic (exact) mass is 347 g/mol. The normalized spacial score (nSPS) is 10.5. The number of aromatic nitrogens is 1. The van der Waals surface area contributed by atoms with Gasteiger partial charge in [0.1, 0.15) is 0 Å². The molecule has 1 heterocycles. The van der Waals surface area contributed by atoms with Crippen LogP contribution >= 0.6 is 0 Å². The first-order valence-electron chi connectivity index (χ1n) is 8.53. The highest BCUT2D eigenvalue weighted by Crippen LogP contribution is 2.25. The Hall–Kier alpha value is -3.21. The molecule has 0 saturated heterocycles. The number of fused-ring (bicyclic) bond motifs is 1. The number of nitrogens with one attached hydrogen (secondary N) is 1. The summed E-state index contributed by atoms with van der Waals surface area (Å²) in [5.41, 5.74) is 3.27. The highest BCUT2D eigenvalue weighted by atomic mass is 16.2. The zero-order valence-electron chi connectivity index (χ0n) is 14.9. The quantitative estimate of drug-likeness (QED) is 0.761. The average molecular weight is 347 g/mol. The third kappa shape index (κ3) is 3.88. The van der Waals surface area contributed by atoms with Crippen LogP contribution in [-0.4, -0.2) is 23.3 Å². The van der Waals surface area contributed by atoms with Crippen LogP contribution in [0.25, 0.3) is 10.9 Å². The summed E-state index contributed by atoms with van der Waals surface area (Å²) in [5.74, 6) is -0.245. The van der Waals surface area contributed by atoms with Gasteiger partial charge in [-0.15, -0.1) is 0 Å². The molecule has 5 nitrogen and oxygen atoms in total. The molecule has 3 rings (SSSR count). The smallest absolute Gasteiger partial charge is 0.226 e. The van der Waals surface area contributed by atoms with Crippen LogP contribution in [0.3, 0.4) is 0 Å². The van der Waals surface area contributed by atoms with Crippen molar-refractivity contribution in [1.29, 1.82) is 0 Å². The molecule has 0 saturated carbocycles. The van der Waals surface area contributed by atoms with Gasteiger partial charge in [-0.25, -0.2) is 0 Å². The lowest BCUT2D eigenvalue weighted by Crippen LogP contribution is -2.32. The molecule has 0 spiro atoms. The van der Waals surface area contributed by atoms with Gasteiger partial charge >= 0.3 is 0 Å². The summed E-state index contributed by atoms with van der Waals surface area (Å²) < 4.78 is 0. The molecule has 0 unspecified atom stereocenters. The zero-order valence-corrected chi connectivity index (χ0v) is 14.9. The fourth-order valence-corrected chi connectivity index (χ4v) is 2.89. The number of anilines is 2. The fourth-order valence-electron chi connectivity index (χ4n) is 2.89. The topological polar surface area (TPSA) is 62.3 Å². The minimum absolute atomic E-state index is 0.119. The van der Waals surface area contributed by atoms with Crippen LogP contribution in [0.1, 0.15) is 18.9 Å². The predicted molar refractivity (Wildman–Crippen MR) is 104 cm³/mol. The molecule has 26 heavy (non-hydrogen) atoms. The number of hydrogen-bond acceptors (Lipinski definition) is 3. The van der Waals surface area contributed by atoms with Gasteiger partial charge in [0, 0.05) is 37.2 Å². The lowest BCUT2D eigenvalue weighted by atomic mass is 10.1. The molecule has 0 radical (unpaired) electrons. The maximum absolute atomic E-state index is 12.3. The molecule has 0 bridgehead atoms. The third-order valence-electron chi connectivity index (χ3n) is 4.26. The van der Waals surface area contributed by atoms with E-state index in [0.29, 0.717) is 6.54 Å². The number of aryl methyl sites for hydroxylation is 1. The van der Waals surface area contributed by atoms with Crippen LogP contribution in [0.15, 0.2) is 60.8 Å². The first-order valence-corrected chi connectivity index (χ1v) is 8.53. The maximum atomic E-state index is 12.3. The summed E-state index contributed by atoms with van der Waals surface area (Å²) in [6.07, 6.45) is 1.91. The number of hydrogen-bond donors (Lipinski definition) is 1. The minimum atomic E-state index is -0.126. The number of carbonyl (C=O) groups is 2. The SMILES string of the molecule is CC(=O)N(CCC(=O)Nc1ccccc1C)c1cccc2cccnc12. The van der Waals surface area contributed by atoms with Crippen molar-refractivity contribution in [2.75, 3.05) is 16.8 Å². The number of pyridine rings is 1. The first kappa shape index (κ1) is 17.6. The summed E-state index contributed by atoms with van der Waals surface area (Å²) in [7, 11) is 0. The van der Waals surface area contributed by atoms with Crippen LogP contribution in [0.4, 0.5) is 11.4 Å². The summed E-state index contributed by atoms with van der Waals surface area (Å²) in [6, 6.07) is 17.1.